The van der Waals surface area contributed by atoms with E-state index >= 15 is 0 Å². The van der Waals surface area contributed by atoms with Gasteiger partial charge in [-0.1, -0.05) is 6.42 Å². The Kier molecular flexibility index (Phi) is 5.11. The summed E-state index contributed by atoms with van der Waals surface area (Å²) in [6.45, 7) is 0.361. The number of carbonyl (C=O) groups is 1. The van der Waals surface area contributed by atoms with Gasteiger partial charge in [0.05, 0.1) is 13.7 Å². The van der Waals surface area contributed by atoms with E-state index in [0.717, 1.165) is 37.0 Å². The summed E-state index contributed by atoms with van der Waals surface area (Å²) in [5.74, 6) is 3.24. The number of aromatic nitrogens is 3. The Bertz CT molecular complexity index is 774. The molecular weight excluding hydrogens is 342 g/mol. The van der Waals surface area contributed by atoms with Crippen LogP contribution in [0, 0.1) is 17.8 Å². The van der Waals surface area contributed by atoms with Crippen LogP contribution in [0.1, 0.15) is 37.9 Å². The van der Waals surface area contributed by atoms with Gasteiger partial charge >= 0.3 is 0 Å². The summed E-state index contributed by atoms with van der Waals surface area (Å²) in [6, 6.07) is 7.85. The Hall–Kier alpha value is -2.41. The van der Waals surface area contributed by atoms with Gasteiger partial charge < -0.3 is 15.8 Å². The monoisotopic (exact) mass is 369 g/mol. The first kappa shape index (κ1) is 18.0. The van der Waals surface area contributed by atoms with Gasteiger partial charge in [-0.05, 0) is 61.8 Å². The van der Waals surface area contributed by atoms with E-state index in [0.29, 0.717) is 30.0 Å². The van der Waals surface area contributed by atoms with E-state index in [-0.39, 0.29) is 17.9 Å². The first-order valence-corrected chi connectivity index (χ1v) is 9.73. The minimum absolute atomic E-state index is 0.0732. The Labute approximate surface area is 159 Å². The van der Waals surface area contributed by atoms with Crippen molar-refractivity contribution in [2.24, 2.45) is 23.5 Å². The first-order chi connectivity index (χ1) is 13.1. The molecule has 0 saturated heterocycles. The Morgan fingerprint density at radius 2 is 1.96 bits per heavy atom. The lowest BCUT2D eigenvalue weighted by Crippen LogP contribution is -2.49. The number of nitrogens with one attached hydrogen (secondary N) is 2. The Morgan fingerprint density at radius 1 is 1.26 bits per heavy atom. The van der Waals surface area contributed by atoms with Gasteiger partial charge in [0.25, 0.3) is 0 Å². The highest BCUT2D eigenvalue weighted by molar-refractivity contribution is 5.78. The maximum atomic E-state index is 12.6. The van der Waals surface area contributed by atoms with Crippen LogP contribution in [-0.4, -0.2) is 34.2 Å². The zero-order valence-electron chi connectivity index (χ0n) is 15.6. The van der Waals surface area contributed by atoms with Gasteiger partial charge in [0, 0.05) is 17.5 Å². The number of aromatic amines is 1. The molecule has 144 valence electrons. The lowest BCUT2D eigenvalue weighted by molar-refractivity contribution is -0.128. The van der Waals surface area contributed by atoms with Gasteiger partial charge in [-0.2, -0.15) is 5.10 Å². The van der Waals surface area contributed by atoms with E-state index in [9.17, 15) is 4.79 Å². The standard InChI is InChI=1S/C20H27N5O2/c1-27-16-7-5-12(6-8-16)19-23-17(24-25-19)11-22-20(26)15-9-13-3-2-4-14(10-15)18(13)21/h5-8,13-15,18H,2-4,9-11,21H2,1H3,(H,22,26)(H,23,24,25). The van der Waals surface area contributed by atoms with Gasteiger partial charge in [-0.25, -0.2) is 4.98 Å². The molecule has 2 aliphatic rings. The lowest BCUT2D eigenvalue weighted by atomic mass is 9.65. The summed E-state index contributed by atoms with van der Waals surface area (Å²) in [7, 11) is 1.63. The molecule has 2 aliphatic carbocycles. The van der Waals surface area contributed by atoms with E-state index < -0.39 is 0 Å². The number of fused-ring (bicyclic) bond motifs is 2. The summed E-state index contributed by atoms with van der Waals surface area (Å²) >= 11 is 0. The highest BCUT2D eigenvalue weighted by Crippen LogP contribution is 2.41. The fourth-order valence-electron chi connectivity index (χ4n) is 4.56. The molecule has 0 radical (unpaired) electrons. The molecule has 0 spiro atoms. The van der Waals surface area contributed by atoms with Crippen molar-refractivity contribution in [2.75, 3.05) is 7.11 Å². The fourth-order valence-corrected chi connectivity index (χ4v) is 4.56. The molecule has 1 aromatic heterocycles. The number of ether oxygens (including phenoxy) is 1. The van der Waals surface area contributed by atoms with Crippen LogP contribution in [0.2, 0.25) is 0 Å². The third-order valence-electron chi connectivity index (χ3n) is 6.09. The summed E-state index contributed by atoms with van der Waals surface area (Å²) in [4.78, 5) is 17.1. The van der Waals surface area contributed by atoms with Crippen molar-refractivity contribution >= 4 is 5.91 Å². The molecule has 2 fully saturated rings. The van der Waals surface area contributed by atoms with Gasteiger partial charge in [0.15, 0.2) is 5.82 Å². The molecule has 0 aliphatic heterocycles. The maximum absolute atomic E-state index is 12.6. The average Bonchev–Trinajstić information content (AvgIpc) is 3.15. The van der Waals surface area contributed by atoms with Gasteiger partial charge in [0.2, 0.25) is 5.91 Å². The normalized spacial score (nSPS) is 27.2. The van der Waals surface area contributed by atoms with Gasteiger partial charge in [0.1, 0.15) is 11.6 Å². The third-order valence-corrected chi connectivity index (χ3v) is 6.09. The molecule has 7 heteroatoms. The molecule has 27 heavy (non-hydrogen) atoms. The van der Waals surface area contributed by atoms with Crippen LogP contribution >= 0.6 is 0 Å². The zero-order chi connectivity index (χ0) is 18.8. The first-order valence-electron chi connectivity index (χ1n) is 9.73. The number of hydrogen-bond acceptors (Lipinski definition) is 5. The van der Waals surface area contributed by atoms with Crippen molar-refractivity contribution in [3.8, 4) is 17.1 Å². The number of carbonyl (C=O) groups excluding carboxylic acids is 1. The molecule has 7 nitrogen and oxygen atoms in total. The number of benzene rings is 1. The van der Waals surface area contributed by atoms with E-state index in [2.05, 4.69) is 20.5 Å². The van der Waals surface area contributed by atoms with Crippen LogP contribution in [0.3, 0.4) is 0 Å². The van der Waals surface area contributed by atoms with Crippen molar-refractivity contribution in [2.45, 2.75) is 44.7 Å². The predicted octanol–water partition coefficient (Wildman–Crippen LogP) is 2.25. The summed E-state index contributed by atoms with van der Waals surface area (Å²) < 4.78 is 5.16. The van der Waals surface area contributed by atoms with E-state index in [1.165, 1.54) is 6.42 Å². The second-order valence-corrected chi connectivity index (χ2v) is 7.75. The quantitative estimate of drug-likeness (QED) is 0.749. The van der Waals surface area contributed by atoms with Crippen LogP contribution in [-0.2, 0) is 11.3 Å². The second kappa shape index (κ2) is 7.68. The van der Waals surface area contributed by atoms with Crippen LogP contribution in [0.5, 0.6) is 5.75 Å². The van der Waals surface area contributed by atoms with Gasteiger partial charge in [-0.3, -0.25) is 9.89 Å². The number of amides is 1. The summed E-state index contributed by atoms with van der Waals surface area (Å²) in [5.41, 5.74) is 7.23. The van der Waals surface area contributed by atoms with Crippen molar-refractivity contribution in [3.63, 3.8) is 0 Å². The van der Waals surface area contributed by atoms with E-state index in [1.807, 2.05) is 24.3 Å². The number of H-pyrrole nitrogens is 1. The van der Waals surface area contributed by atoms with Crippen molar-refractivity contribution in [3.05, 3.63) is 30.1 Å². The fraction of sp³-hybridized carbons (Fsp3) is 0.550. The lowest BCUT2D eigenvalue weighted by Gasteiger charge is -2.43. The molecular formula is C20H27N5O2. The molecule has 2 saturated carbocycles. The van der Waals surface area contributed by atoms with Crippen molar-refractivity contribution in [1.29, 1.82) is 0 Å². The molecule has 4 N–H and O–H groups in total. The number of methoxy groups -OCH3 is 1. The topological polar surface area (TPSA) is 106 Å². The summed E-state index contributed by atoms with van der Waals surface area (Å²) in [6.07, 6.45) is 5.40. The molecule has 2 bridgehead atoms. The maximum Gasteiger partial charge on any atom is 0.223 e. The Morgan fingerprint density at radius 3 is 2.63 bits per heavy atom. The molecule has 2 unspecified atom stereocenters. The molecule has 2 atom stereocenters. The van der Waals surface area contributed by atoms with E-state index in [4.69, 9.17) is 10.5 Å². The number of hydrogen-bond donors (Lipinski definition) is 3. The number of nitrogens with two attached hydrogens (primary N) is 1. The van der Waals surface area contributed by atoms with E-state index in [1.54, 1.807) is 7.11 Å². The molecule has 1 heterocycles. The average molecular weight is 369 g/mol. The predicted molar refractivity (Wildman–Crippen MR) is 102 cm³/mol. The van der Waals surface area contributed by atoms with Crippen molar-refractivity contribution in [1.82, 2.24) is 20.5 Å². The molecule has 1 aromatic carbocycles. The van der Waals surface area contributed by atoms with Crippen LogP contribution in [0.25, 0.3) is 11.4 Å². The SMILES string of the molecule is COc1ccc(-c2n[nH]c(CNC(=O)C3CC4CCCC(C3)C4N)n2)cc1. The summed E-state index contributed by atoms with van der Waals surface area (Å²) in [5, 5.41) is 10.2. The third kappa shape index (κ3) is 3.83. The van der Waals surface area contributed by atoms with Crippen LogP contribution in [0.15, 0.2) is 24.3 Å². The zero-order valence-corrected chi connectivity index (χ0v) is 15.6. The molecule has 2 aromatic rings. The number of rotatable bonds is 5. The van der Waals surface area contributed by atoms with Crippen LogP contribution in [0.4, 0.5) is 0 Å². The largest absolute Gasteiger partial charge is 0.497 e. The van der Waals surface area contributed by atoms with Crippen molar-refractivity contribution < 1.29 is 9.53 Å². The highest BCUT2D eigenvalue weighted by atomic mass is 16.5. The minimum Gasteiger partial charge on any atom is -0.497 e. The van der Waals surface area contributed by atoms with Crippen LogP contribution < -0.4 is 15.8 Å². The number of nitrogens with zero attached hydrogens (tertiary/aromatic N) is 2. The second-order valence-electron chi connectivity index (χ2n) is 7.75. The Balaban J connectivity index is 1.33. The molecule has 1 amide bonds. The minimum atomic E-state index is 0.0732. The molecule has 4 rings (SSSR count). The van der Waals surface area contributed by atoms with Gasteiger partial charge in [-0.15, -0.1) is 0 Å². The highest BCUT2D eigenvalue weighted by Gasteiger charge is 2.40. The smallest absolute Gasteiger partial charge is 0.223 e.